The third kappa shape index (κ3) is 5.73. The van der Waals surface area contributed by atoms with Gasteiger partial charge in [0, 0.05) is 19.0 Å². The van der Waals surface area contributed by atoms with Crippen LogP contribution in [0.15, 0.2) is 18.2 Å². The predicted molar refractivity (Wildman–Crippen MR) is 102 cm³/mol. The Kier molecular flexibility index (Phi) is 6.87. The third-order valence-electron chi connectivity index (χ3n) is 4.85. The second-order valence-electron chi connectivity index (χ2n) is 7.08. The molecule has 0 aromatic heterocycles. The summed E-state index contributed by atoms with van der Waals surface area (Å²) in [5.74, 6) is -0.0632. The van der Waals surface area contributed by atoms with Crippen LogP contribution in [0.1, 0.15) is 56.1 Å². The minimum Gasteiger partial charge on any atom is -0.353 e. The molecule has 0 aliphatic heterocycles. The molecule has 0 unspecified atom stereocenters. The number of rotatable bonds is 6. The Morgan fingerprint density at radius 1 is 1.12 bits per heavy atom. The number of nitrogens with zero attached hydrogens (tertiary/aromatic N) is 1. The first-order valence-corrected chi connectivity index (χ1v) is 11.0. The van der Waals surface area contributed by atoms with Crippen LogP contribution in [0, 0.1) is 13.8 Å². The van der Waals surface area contributed by atoms with Gasteiger partial charge in [0.2, 0.25) is 15.9 Å². The summed E-state index contributed by atoms with van der Waals surface area (Å²) in [5.41, 5.74) is 2.48. The van der Waals surface area contributed by atoms with Crippen molar-refractivity contribution in [3.63, 3.8) is 0 Å². The first kappa shape index (κ1) is 19.8. The van der Waals surface area contributed by atoms with Crippen LogP contribution in [0.2, 0.25) is 0 Å². The average Bonchev–Trinajstić information content (AvgIpc) is 2.77. The van der Waals surface area contributed by atoms with Crippen LogP contribution in [-0.2, 0) is 14.8 Å². The molecule has 1 fully saturated rings. The van der Waals surface area contributed by atoms with Crippen molar-refractivity contribution in [1.29, 1.82) is 0 Å². The van der Waals surface area contributed by atoms with Gasteiger partial charge in [-0.05, 0) is 37.8 Å². The SMILES string of the molecule is Cc1cccc(C)c1N(CCC(=O)NC1CCCCCC1)S(C)(=O)=O. The van der Waals surface area contributed by atoms with E-state index in [0.29, 0.717) is 5.69 Å². The van der Waals surface area contributed by atoms with Gasteiger partial charge in [-0.2, -0.15) is 0 Å². The second-order valence-corrected chi connectivity index (χ2v) is 8.99. The molecule has 0 heterocycles. The summed E-state index contributed by atoms with van der Waals surface area (Å²) in [5, 5.41) is 3.09. The van der Waals surface area contributed by atoms with Crippen LogP contribution in [0.4, 0.5) is 5.69 Å². The molecule has 140 valence electrons. The fourth-order valence-corrected chi connectivity index (χ4v) is 4.61. The largest absolute Gasteiger partial charge is 0.353 e. The normalized spacial score (nSPS) is 16.3. The van der Waals surface area contributed by atoms with Crippen molar-refractivity contribution >= 4 is 21.6 Å². The summed E-state index contributed by atoms with van der Waals surface area (Å²) in [4.78, 5) is 12.3. The molecule has 1 N–H and O–H groups in total. The van der Waals surface area contributed by atoms with Gasteiger partial charge in [-0.15, -0.1) is 0 Å². The van der Waals surface area contributed by atoms with Crippen LogP contribution < -0.4 is 9.62 Å². The molecule has 1 aromatic rings. The van der Waals surface area contributed by atoms with Crippen molar-refractivity contribution < 1.29 is 13.2 Å². The van der Waals surface area contributed by atoms with E-state index < -0.39 is 10.0 Å². The Morgan fingerprint density at radius 2 is 1.68 bits per heavy atom. The highest BCUT2D eigenvalue weighted by molar-refractivity contribution is 7.92. The van der Waals surface area contributed by atoms with Crippen LogP contribution in [-0.4, -0.2) is 33.2 Å². The van der Waals surface area contributed by atoms with Crippen molar-refractivity contribution in [1.82, 2.24) is 5.32 Å². The number of para-hydroxylation sites is 1. The summed E-state index contributed by atoms with van der Waals surface area (Å²) in [6, 6.07) is 5.94. The summed E-state index contributed by atoms with van der Waals surface area (Å²) in [7, 11) is -3.44. The van der Waals surface area contributed by atoms with Crippen molar-refractivity contribution in [2.24, 2.45) is 0 Å². The highest BCUT2D eigenvalue weighted by Gasteiger charge is 2.22. The van der Waals surface area contributed by atoms with E-state index in [1.54, 1.807) is 0 Å². The maximum absolute atomic E-state index is 12.3. The van der Waals surface area contributed by atoms with Gasteiger partial charge in [-0.25, -0.2) is 8.42 Å². The van der Waals surface area contributed by atoms with E-state index in [1.165, 1.54) is 23.4 Å². The molecule has 0 radical (unpaired) electrons. The van der Waals surface area contributed by atoms with Crippen molar-refractivity contribution in [3.8, 4) is 0 Å². The molecule has 0 bridgehead atoms. The van der Waals surface area contributed by atoms with E-state index in [0.717, 1.165) is 36.8 Å². The van der Waals surface area contributed by atoms with Crippen molar-refractivity contribution in [2.45, 2.75) is 64.8 Å². The lowest BCUT2D eigenvalue weighted by molar-refractivity contribution is -0.121. The van der Waals surface area contributed by atoms with Gasteiger partial charge in [-0.3, -0.25) is 9.10 Å². The minimum absolute atomic E-state index is 0.0632. The molecule has 1 amide bonds. The number of carbonyl (C=O) groups is 1. The monoisotopic (exact) mass is 366 g/mol. The smallest absolute Gasteiger partial charge is 0.232 e. The number of carbonyl (C=O) groups excluding carboxylic acids is 1. The van der Waals surface area contributed by atoms with Gasteiger partial charge in [0.15, 0.2) is 0 Å². The van der Waals surface area contributed by atoms with E-state index in [4.69, 9.17) is 0 Å². The number of anilines is 1. The summed E-state index contributed by atoms with van der Waals surface area (Å²) < 4.78 is 25.9. The summed E-state index contributed by atoms with van der Waals surface area (Å²) in [6.07, 6.45) is 8.21. The first-order valence-electron chi connectivity index (χ1n) is 9.12. The lowest BCUT2D eigenvalue weighted by atomic mass is 10.1. The molecule has 0 spiro atoms. The molecule has 1 aromatic carbocycles. The first-order chi connectivity index (χ1) is 11.8. The highest BCUT2D eigenvalue weighted by Crippen LogP contribution is 2.27. The maximum Gasteiger partial charge on any atom is 0.232 e. The lowest BCUT2D eigenvalue weighted by Gasteiger charge is -2.26. The number of amides is 1. The second kappa shape index (κ2) is 8.70. The summed E-state index contributed by atoms with van der Waals surface area (Å²) in [6.45, 7) is 3.96. The third-order valence-corrected chi connectivity index (χ3v) is 6.02. The zero-order valence-electron chi connectivity index (χ0n) is 15.5. The molecule has 1 aliphatic rings. The van der Waals surface area contributed by atoms with Gasteiger partial charge in [0.1, 0.15) is 0 Å². The van der Waals surface area contributed by atoms with Gasteiger partial charge >= 0.3 is 0 Å². The van der Waals surface area contributed by atoms with E-state index in [1.807, 2.05) is 32.0 Å². The number of sulfonamides is 1. The number of nitrogens with one attached hydrogen (secondary N) is 1. The Bertz CT molecular complexity index is 672. The van der Waals surface area contributed by atoms with Crippen molar-refractivity contribution in [3.05, 3.63) is 29.3 Å². The maximum atomic E-state index is 12.3. The predicted octanol–water partition coefficient (Wildman–Crippen LogP) is 3.30. The lowest BCUT2D eigenvalue weighted by Crippen LogP contribution is -2.38. The zero-order valence-corrected chi connectivity index (χ0v) is 16.4. The minimum atomic E-state index is -3.44. The average molecular weight is 367 g/mol. The highest BCUT2D eigenvalue weighted by atomic mass is 32.2. The number of aryl methyl sites for hydroxylation is 2. The molecular weight excluding hydrogens is 336 g/mol. The van der Waals surface area contributed by atoms with Crippen molar-refractivity contribution in [2.75, 3.05) is 17.1 Å². The number of benzene rings is 1. The molecule has 2 rings (SSSR count). The Morgan fingerprint density at radius 3 is 2.20 bits per heavy atom. The number of hydrogen-bond donors (Lipinski definition) is 1. The van der Waals surface area contributed by atoms with Crippen LogP contribution in [0.3, 0.4) is 0 Å². The van der Waals surface area contributed by atoms with E-state index in [2.05, 4.69) is 5.32 Å². The molecule has 5 nitrogen and oxygen atoms in total. The molecule has 25 heavy (non-hydrogen) atoms. The van der Waals surface area contributed by atoms with Crippen LogP contribution >= 0.6 is 0 Å². The number of hydrogen-bond acceptors (Lipinski definition) is 3. The standard InChI is InChI=1S/C19H30N2O3S/c1-15-9-8-10-16(2)19(15)21(25(3,23)24)14-13-18(22)20-17-11-6-4-5-7-12-17/h8-10,17H,4-7,11-14H2,1-3H3,(H,20,22). The fraction of sp³-hybridized carbons (Fsp3) is 0.632. The quantitative estimate of drug-likeness (QED) is 0.786. The Hall–Kier alpha value is -1.56. The van der Waals surface area contributed by atoms with E-state index >= 15 is 0 Å². The molecular formula is C19H30N2O3S. The summed E-state index contributed by atoms with van der Waals surface area (Å²) >= 11 is 0. The molecule has 1 saturated carbocycles. The van der Waals surface area contributed by atoms with Gasteiger partial charge < -0.3 is 5.32 Å². The van der Waals surface area contributed by atoms with Gasteiger partial charge in [-0.1, -0.05) is 43.9 Å². The fourth-order valence-electron chi connectivity index (χ4n) is 3.57. The van der Waals surface area contributed by atoms with Crippen LogP contribution in [0.5, 0.6) is 0 Å². The zero-order chi connectivity index (χ0) is 18.4. The molecule has 1 aliphatic carbocycles. The molecule has 0 atom stereocenters. The topological polar surface area (TPSA) is 66.5 Å². The van der Waals surface area contributed by atoms with Crippen LogP contribution in [0.25, 0.3) is 0 Å². The molecule has 0 saturated heterocycles. The van der Waals surface area contributed by atoms with Gasteiger partial charge in [0.25, 0.3) is 0 Å². The van der Waals surface area contributed by atoms with E-state index in [-0.39, 0.29) is 24.9 Å². The van der Waals surface area contributed by atoms with E-state index in [9.17, 15) is 13.2 Å². The molecule has 6 heteroatoms. The Balaban J connectivity index is 2.04. The Labute approximate surface area is 151 Å². The van der Waals surface area contributed by atoms with Gasteiger partial charge in [0.05, 0.1) is 11.9 Å².